The van der Waals surface area contributed by atoms with Crippen LogP contribution < -0.4 is 0 Å². The highest BCUT2D eigenvalue weighted by molar-refractivity contribution is 4.94. The third-order valence-corrected chi connectivity index (χ3v) is 4.01. The SMILES string of the molecule is CCCN1CCC2(CCC(C)C2)C1. The number of nitrogens with zero attached hydrogens (tertiary/aromatic N) is 1. The molecule has 2 fully saturated rings. The van der Waals surface area contributed by atoms with Crippen molar-refractivity contribution in [2.75, 3.05) is 19.6 Å². The summed E-state index contributed by atoms with van der Waals surface area (Å²) in [5, 5.41) is 0. The Morgan fingerprint density at radius 3 is 2.85 bits per heavy atom. The largest absolute Gasteiger partial charge is 0.303 e. The maximum Gasteiger partial charge on any atom is 0.00386 e. The number of likely N-dealkylation sites (tertiary alicyclic amines) is 1. The van der Waals surface area contributed by atoms with Gasteiger partial charge < -0.3 is 4.90 Å². The predicted molar refractivity (Wildman–Crippen MR) is 56.8 cm³/mol. The van der Waals surface area contributed by atoms with Crippen molar-refractivity contribution in [3.8, 4) is 0 Å². The van der Waals surface area contributed by atoms with Gasteiger partial charge in [-0.25, -0.2) is 0 Å². The first kappa shape index (κ1) is 9.51. The molecule has 0 aromatic rings. The van der Waals surface area contributed by atoms with Gasteiger partial charge in [-0.2, -0.15) is 0 Å². The zero-order chi connectivity index (χ0) is 9.31. The summed E-state index contributed by atoms with van der Waals surface area (Å²) in [6, 6.07) is 0. The van der Waals surface area contributed by atoms with Crippen molar-refractivity contribution in [1.29, 1.82) is 0 Å². The van der Waals surface area contributed by atoms with Gasteiger partial charge in [0, 0.05) is 6.54 Å². The van der Waals surface area contributed by atoms with Crippen LogP contribution in [0.3, 0.4) is 0 Å². The molecule has 1 aliphatic carbocycles. The first-order chi connectivity index (χ1) is 6.24. The summed E-state index contributed by atoms with van der Waals surface area (Å²) in [5.74, 6) is 1.00. The molecule has 76 valence electrons. The fraction of sp³-hybridized carbons (Fsp3) is 1.00. The van der Waals surface area contributed by atoms with Crippen LogP contribution in [0, 0.1) is 11.3 Å². The van der Waals surface area contributed by atoms with E-state index in [1.807, 2.05) is 0 Å². The molecule has 0 aromatic heterocycles. The Morgan fingerprint density at radius 1 is 1.38 bits per heavy atom. The van der Waals surface area contributed by atoms with Crippen LogP contribution in [0.15, 0.2) is 0 Å². The van der Waals surface area contributed by atoms with E-state index in [9.17, 15) is 0 Å². The van der Waals surface area contributed by atoms with Gasteiger partial charge in [-0.3, -0.25) is 0 Å². The van der Waals surface area contributed by atoms with Gasteiger partial charge in [0.25, 0.3) is 0 Å². The van der Waals surface area contributed by atoms with Crippen LogP contribution in [-0.4, -0.2) is 24.5 Å². The highest BCUT2D eigenvalue weighted by atomic mass is 15.2. The second-order valence-corrected chi connectivity index (χ2v) is 5.37. The van der Waals surface area contributed by atoms with Crippen molar-refractivity contribution >= 4 is 0 Å². The molecule has 2 atom stereocenters. The summed E-state index contributed by atoms with van der Waals surface area (Å²) in [4.78, 5) is 2.68. The summed E-state index contributed by atoms with van der Waals surface area (Å²) >= 11 is 0. The smallest absolute Gasteiger partial charge is 0.00386 e. The Hall–Kier alpha value is -0.0400. The van der Waals surface area contributed by atoms with Gasteiger partial charge in [0.05, 0.1) is 0 Å². The lowest BCUT2D eigenvalue weighted by Gasteiger charge is -2.23. The average Bonchev–Trinajstić information content (AvgIpc) is 2.62. The minimum Gasteiger partial charge on any atom is -0.303 e. The van der Waals surface area contributed by atoms with Crippen LogP contribution >= 0.6 is 0 Å². The van der Waals surface area contributed by atoms with Gasteiger partial charge >= 0.3 is 0 Å². The van der Waals surface area contributed by atoms with Crippen molar-refractivity contribution in [2.24, 2.45) is 11.3 Å². The van der Waals surface area contributed by atoms with E-state index >= 15 is 0 Å². The van der Waals surface area contributed by atoms with Crippen LogP contribution in [0.5, 0.6) is 0 Å². The Balaban J connectivity index is 1.89. The van der Waals surface area contributed by atoms with Gasteiger partial charge in [-0.05, 0) is 50.1 Å². The van der Waals surface area contributed by atoms with E-state index < -0.39 is 0 Å². The maximum absolute atomic E-state index is 2.68. The lowest BCUT2D eigenvalue weighted by molar-refractivity contribution is 0.256. The van der Waals surface area contributed by atoms with Crippen LogP contribution in [0.25, 0.3) is 0 Å². The van der Waals surface area contributed by atoms with Crippen LogP contribution in [0.2, 0.25) is 0 Å². The Morgan fingerprint density at radius 2 is 2.23 bits per heavy atom. The van der Waals surface area contributed by atoms with Crippen molar-refractivity contribution in [2.45, 2.75) is 46.0 Å². The molecular formula is C12H23N. The molecule has 1 heterocycles. The lowest BCUT2D eigenvalue weighted by atomic mass is 9.85. The molecule has 1 spiro atoms. The minimum absolute atomic E-state index is 0.759. The zero-order valence-electron chi connectivity index (χ0n) is 9.18. The van der Waals surface area contributed by atoms with Gasteiger partial charge in [0.1, 0.15) is 0 Å². The summed E-state index contributed by atoms with van der Waals surface area (Å²) in [6.45, 7) is 8.83. The summed E-state index contributed by atoms with van der Waals surface area (Å²) in [6.07, 6.45) is 7.31. The normalized spacial score (nSPS) is 40.6. The van der Waals surface area contributed by atoms with E-state index in [1.54, 1.807) is 0 Å². The second-order valence-electron chi connectivity index (χ2n) is 5.37. The quantitative estimate of drug-likeness (QED) is 0.633. The molecule has 0 aromatic carbocycles. The molecule has 1 aliphatic heterocycles. The molecule has 2 unspecified atom stereocenters. The summed E-state index contributed by atoms with van der Waals surface area (Å²) in [7, 11) is 0. The summed E-state index contributed by atoms with van der Waals surface area (Å²) < 4.78 is 0. The number of hydrogen-bond acceptors (Lipinski definition) is 1. The standard InChI is InChI=1S/C12H23N/c1-3-7-13-8-6-12(10-13)5-4-11(2)9-12/h11H,3-10H2,1-2H3. The molecule has 13 heavy (non-hydrogen) atoms. The third-order valence-electron chi connectivity index (χ3n) is 4.01. The van der Waals surface area contributed by atoms with Crippen molar-refractivity contribution in [3.63, 3.8) is 0 Å². The van der Waals surface area contributed by atoms with E-state index in [0.29, 0.717) is 0 Å². The number of hydrogen-bond donors (Lipinski definition) is 0. The maximum atomic E-state index is 2.68. The van der Waals surface area contributed by atoms with Crippen molar-refractivity contribution in [3.05, 3.63) is 0 Å². The Labute approximate surface area is 82.5 Å². The van der Waals surface area contributed by atoms with Crippen LogP contribution in [0.1, 0.15) is 46.0 Å². The minimum atomic E-state index is 0.759. The van der Waals surface area contributed by atoms with Crippen LogP contribution in [-0.2, 0) is 0 Å². The van der Waals surface area contributed by atoms with Gasteiger partial charge in [-0.15, -0.1) is 0 Å². The molecule has 1 saturated carbocycles. The zero-order valence-corrected chi connectivity index (χ0v) is 9.18. The highest BCUT2D eigenvalue weighted by Gasteiger charge is 2.42. The van der Waals surface area contributed by atoms with E-state index in [-0.39, 0.29) is 0 Å². The molecule has 1 saturated heterocycles. The molecular weight excluding hydrogens is 158 g/mol. The third kappa shape index (κ3) is 1.90. The molecule has 1 heteroatoms. The second kappa shape index (κ2) is 3.61. The fourth-order valence-electron chi connectivity index (χ4n) is 3.40. The van der Waals surface area contributed by atoms with Gasteiger partial charge in [0.15, 0.2) is 0 Å². The van der Waals surface area contributed by atoms with Gasteiger partial charge in [-0.1, -0.05) is 20.3 Å². The van der Waals surface area contributed by atoms with Gasteiger partial charge in [0.2, 0.25) is 0 Å². The lowest BCUT2D eigenvalue weighted by Crippen LogP contribution is -2.26. The first-order valence-electron chi connectivity index (χ1n) is 5.96. The molecule has 0 bridgehead atoms. The van der Waals surface area contributed by atoms with E-state index in [4.69, 9.17) is 0 Å². The first-order valence-corrected chi connectivity index (χ1v) is 5.96. The van der Waals surface area contributed by atoms with Crippen LogP contribution in [0.4, 0.5) is 0 Å². The molecule has 2 aliphatic rings. The average molecular weight is 181 g/mol. The van der Waals surface area contributed by atoms with Crippen molar-refractivity contribution < 1.29 is 0 Å². The predicted octanol–water partition coefficient (Wildman–Crippen LogP) is 2.91. The summed E-state index contributed by atoms with van der Waals surface area (Å²) in [5.41, 5.74) is 0.759. The Kier molecular flexibility index (Phi) is 2.64. The van der Waals surface area contributed by atoms with Crippen molar-refractivity contribution in [1.82, 2.24) is 4.90 Å². The highest BCUT2D eigenvalue weighted by Crippen LogP contribution is 2.47. The monoisotopic (exact) mass is 181 g/mol. The Bertz CT molecular complexity index is 178. The van der Waals surface area contributed by atoms with E-state index in [0.717, 1.165) is 11.3 Å². The molecule has 0 N–H and O–H groups in total. The van der Waals surface area contributed by atoms with E-state index in [2.05, 4.69) is 18.7 Å². The van der Waals surface area contributed by atoms with E-state index in [1.165, 1.54) is 51.7 Å². The molecule has 0 radical (unpaired) electrons. The molecule has 1 nitrogen and oxygen atoms in total. The topological polar surface area (TPSA) is 3.24 Å². The number of rotatable bonds is 2. The molecule has 0 amide bonds. The molecule has 2 rings (SSSR count). The fourth-order valence-corrected chi connectivity index (χ4v) is 3.40.